The first kappa shape index (κ1) is 11.7. The van der Waals surface area contributed by atoms with E-state index < -0.39 is 0 Å². The van der Waals surface area contributed by atoms with Crippen molar-refractivity contribution in [3.63, 3.8) is 0 Å². The van der Waals surface area contributed by atoms with Crippen LogP contribution in [0.4, 0.5) is 4.39 Å². The largest absolute Gasteiger partial charge is 0.330 e. The third kappa shape index (κ3) is 2.63. The maximum Gasteiger partial charge on any atom is 0.142 e. The first-order valence-corrected chi connectivity index (χ1v) is 3.76. The Balaban J connectivity index is 0.00000121. The van der Waals surface area contributed by atoms with E-state index >= 15 is 0 Å². The zero-order valence-electron chi connectivity index (χ0n) is 6.39. The SMILES string of the molecule is Cl.NCCc1cccc(F)c1Cl. The van der Waals surface area contributed by atoms with Crippen LogP contribution >= 0.6 is 24.0 Å². The molecule has 0 aliphatic rings. The molecule has 0 spiro atoms. The molecule has 0 aliphatic heterocycles. The van der Waals surface area contributed by atoms with Crippen LogP contribution in [-0.2, 0) is 6.42 Å². The summed E-state index contributed by atoms with van der Waals surface area (Å²) in [6.45, 7) is 0.489. The van der Waals surface area contributed by atoms with Gasteiger partial charge in [-0.2, -0.15) is 0 Å². The number of rotatable bonds is 2. The maximum absolute atomic E-state index is 12.7. The molecule has 0 heterocycles. The normalized spacial score (nSPS) is 9.25. The highest BCUT2D eigenvalue weighted by Crippen LogP contribution is 2.19. The van der Waals surface area contributed by atoms with Crippen molar-refractivity contribution in [2.24, 2.45) is 5.73 Å². The molecule has 2 N–H and O–H groups in total. The molecule has 1 aromatic carbocycles. The first-order valence-electron chi connectivity index (χ1n) is 3.38. The lowest BCUT2D eigenvalue weighted by Gasteiger charge is -2.01. The summed E-state index contributed by atoms with van der Waals surface area (Å²) in [5.74, 6) is -0.377. The van der Waals surface area contributed by atoms with Crippen LogP contribution < -0.4 is 5.73 Å². The minimum Gasteiger partial charge on any atom is -0.330 e. The van der Waals surface area contributed by atoms with E-state index in [1.165, 1.54) is 6.07 Å². The van der Waals surface area contributed by atoms with Crippen molar-refractivity contribution < 1.29 is 4.39 Å². The Hall–Kier alpha value is -0.310. The Morgan fingerprint density at radius 3 is 2.67 bits per heavy atom. The molecule has 12 heavy (non-hydrogen) atoms. The third-order valence-electron chi connectivity index (χ3n) is 1.45. The summed E-state index contributed by atoms with van der Waals surface area (Å²) in [6.07, 6.45) is 0.622. The number of hydrogen-bond donors (Lipinski definition) is 1. The van der Waals surface area contributed by atoms with Gasteiger partial charge in [0, 0.05) is 0 Å². The molecule has 0 aliphatic carbocycles. The summed E-state index contributed by atoms with van der Waals surface area (Å²) in [4.78, 5) is 0. The molecular formula is C8H10Cl2FN. The highest BCUT2D eigenvalue weighted by Gasteiger charge is 2.03. The zero-order valence-corrected chi connectivity index (χ0v) is 7.96. The van der Waals surface area contributed by atoms with E-state index in [0.717, 1.165) is 5.56 Å². The lowest BCUT2D eigenvalue weighted by molar-refractivity contribution is 0.626. The maximum atomic E-state index is 12.7. The van der Waals surface area contributed by atoms with Crippen LogP contribution in [0, 0.1) is 5.82 Å². The minimum atomic E-state index is -0.377. The van der Waals surface area contributed by atoms with Gasteiger partial charge in [0.15, 0.2) is 0 Å². The zero-order chi connectivity index (χ0) is 8.27. The van der Waals surface area contributed by atoms with Gasteiger partial charge in [-0.15, -0.1) is 12.4 Å². The smallest absolute Gasteiger partial charge is 0.142 e. The molecule has 68 valence electrons. The second-order valence-electron chi connectivity index (χ2n) is 2.25. The number of nitrogens with two attached hydrogens (primary N) is 1. The van der Waals surface area contributed by atoms with Crippen molar-refractivity contribution >= 4 is 24.0 Å². The van der Waals surface area contributed by atoms with Gasteiger partial charge in [-0.3, -0.25) is 0 Å². The molecule has 1 rings (SSSR count). The van der Waals surface area contributed by atoms with Crippen molar-refractivity contribution in [3.05, 3.63) is 34.6 Å². The molecule has 0 atom stereocenters. The molecule has 0 saturated carbocycles. The second-order valence-corrected chi connectivity index (χ2v) is 2.63. The molecule has 1 aromatic rings. The molecule has 0 radical (unpaired) electrons. The van der Waals surface area contributed by atoms with E-state index in [4.69, 9.17) is 17.3 Å². The van der Waals surface area contributed by atoms with E-state index in [0.29, 0.717) is 13.0 Å². The van der Waals surface area contributed by atoms with Gasteiger partial charge in [-0.1, -0.05) is 23.7 Å². The van der Waals surface area contributed by atoms with Gasteiger partial charge in [0.25, 0.3) is 0 Å². The van der Waals surface area contributed by atoms with E-state index in [-0.39, 0.29) is 23.2 Å². The van der Waals surface area contributed by atoms with E-state index in [1.807, 2.05) is 0 Å². The van der Waals surface area contributed by atoms with Gasteiger partial charge in [0.1, 0.15) is 5.82 Å². The number of benzene rings is 1. The third-order valence-corrected chi connectivity index (χ3v) is 1.87. The summed E-state index contributed by atoms with van der Waals surface area (Å²) in [5, 5.41) is 0.193. The Labute approximate surface area is 82.1 Å². The van der Waals surface area contributed by atoms with Gasteiger partial charge >= 0.3 is 0 Å². The van der Waals surface area contributed by atoms with Crippen molar-refractivity contribution in [1.82, 2.24) is 0 Å². The van der Waals surface area contributed by atoms with E-state index in [9.17, 15) is 4.39 Å². The van der Waals surface area contributed by atoms with Crippen molar-refractivity contribution in [2.45, 2.75) is 6.42 Å². The fourth-order valence-electron chi connectivity index (χ4n) is 0.897. The van der Waals surface area contributed by atoms with Crippen LogP contribution in [0.15, 0.2) is 18.2 Å². The van der Waals surface area contributed by atoms with Gasteiger partial charge in [0.05, 0.1) is 5.02 Å². The summed E-state index contributed by atoms with van der Waals surface area (Å²) in [7, 11) is 0. The quantitative estimate of drug-likeness (QED) is 0.796. The molecule has 0 amide bonds. The number of hydrogen-bond acceptors (Lipinski definition) is 1. The average Bonchev–Trinajstić information content (AvgIpc) is 1.99. The molecule has 1 nitrogen and oxygen atoms in total. The highest BCUT2D eigenvalue weighted by atomic mass is 35.5. The van der Waals surface area contributed by atoms with Crippen LogP contribution in [0.3, 0.4) is 0 Å². The molecule has 0 saturated heterocycles. The predicted octanol–water partition coefficient (Wildman–Crippen LogP) is 2.40. The Bertz CT molecular complexity index is 253. The second kappa shape index (κ2) is 5.36. The highest BCUT2D eigenvalue weighted by molar-refractivity contribution is 6.31. The van der Waals surface area contributed by atoms with Crippen LogP contribution in [0.1, 0.15) is 5.56 Å². The topological polar surface area (TPSA) is 26.0 Å². The molecule has 0 aromatic heterocycles. The van der Waals surface area contributed by atoms with Gasteiger partial charge in [-0.25, -0.2) is 4.39 Å². The fraction of sp³-hybridized carbons (Fsp3) is 0.250. The van der Waals surface area contributed by atoms with Crippen LogP contribution in [0.5, 0.6) is 0 Å². The Morgan fingerprint density at radius 2 is 2.08 bits per heavy atom. The number of halogens is 3. The average molecular weight is 210 g/mol. The lowest BCUT2D eigenvalue weighted by atomic mass is 10.1. The summed E-state index contributed by atoms with van der Waals surface area (Å²) >= 11 is 5.64. The Morgan fingerprint density at radius 1 is 1.42 bits per heavy atom. The molecule has 4 heteroatoms. The first-order chi connectivity index (χ1) is 5.25. The van der Waals surface area contributed by atoms with Gasteiger partial charge in [-0.05, 0) is 24.6 Å². The molecular weight excluding hydrogens is 200 g/mol. The Kier molecular flexibility index (Phi) is 5.22. The van der Waals surface area contributed by atoms with E-state index in [1.54, 1.807) is 12.1 Å². The predicted molar refractivity (Wildman–Crippen MR) is 51.4 cm³/mol. The standard InChI is InChI=1S/C8H9ClFN.ClH/c9-8-6(4-5-11)2-1-3-7(8)10;/h1-3H,4-5,11H2;1H. The molecule has 0 unspecified atom stereocenters. The van der Waals surface area contributed by atoms with Gasteiger partial charge in [0.2, 0.25) is 0 Å². The van der Waals surface area contributed by atoms with E-state index in [2.05, 4.69) is 0 Å². The molecule has 0 bridgehead atoms. The van der Waals surface area contributed by atoms with Crippen LogP contribution in [0.25, 0.3) is 0 Å². The van der Waals surface area contributed by atoms with Gasteiger partial charge < -0.3 is 5.73 Å². The molecule has 0 fully saturated rings. The monoisotopic (exact) mass is 209 g/mol. The fourth-order valence-corrected chi connectivity index (χ4v) is 1.12. The summed E-state index contributed by atoms with van der Waals surface area (Å²) in [5.41, 5.74) is 6.07. The summed E-state index contributed by atoms with van der Waals surface area (Å²) in [6, 6.07) is 4.74. The van der Waals surface area contributed by atoms with Crippen LogP contribution in [-0.4, -0.2) is 6.54 Å². The van der Waals surface area contributed by atoms with Crippen molar-refractivity contribution in [1.29, 1.82) is 0 Å². The summed E-state index contributed by atoms with van der Waals surface area (Å²) < 4.78 is 12.7. The van der Waals surface area contributed by atoms with Crippen molar-refractivity contribution in [2.75, 3.05) is 6.54 Å². The van der Waals surface area contributed by atoms with Crippen LogP contribution in [0.2, 0.25) is 5.02 Å². The van der Waals surface area contributed by atoms with Crippen molar-refractivity contribution in [3.8, 4) is 0 Å². The lowest BCUT2D eigenvalue weighted by Crippen LogP contribution is -2.03. The minimum absolute atomic E-state index is 0.